The first-order chi connectivity index (χ1) is 11.0. The van der Waals surface area contributed by atoms with Crippen LogP contribution in [0.25, 0.3) is 0 Å². The van der Waals surface area contributed by atoms with Gasteiger partial charge in [0, 0.05) is 13.1 Å². The van der Waals surface area contributed by atoms with Crippen molar-refractivity contribution in [2.24, 2.45) is 0 Å². The topological polar surface area (TPSA) is 46.6 Å². The molecule has 1 fully saturated rings. The molecule has 1 aromatic rings. The molecular weight excluding hydrogens is 310 g/mol. The van der Waals surface area contributed by atoms with Crippen LogP contribution >= 0.6 is 0 Å². The number of unbranched alkanes of at least 4 members (excludes halogenated alkanes) is 1. The molecule has 0 N–H and O–H groups in total. The summed E-state index contributed by atoms with van der Waals surface area (Å²) < 4.78 is 33.0. The maximum atomic E-state index is 12.8. The van der Waals surface area contributed by atoms with Crippen LogP contribution in [0.5, 0.6) is 5.75 Å². The van der Waals surface area contributed by atoms with Crippen molar-refractivity contribution in [2.75, 3.05) is 13.7 Å². The monoisotopic (exact) mass is 339 g/mol. The molecular formula is C18H29NO3S. The maximum Gasteiger partial charge on any atom is 0.243 e. The lowest BCUT2D eigenvalue weighted by atomic mass is 9.96. The van der Waals surface area contributed by atoms with E-state index in [0.717, 1.165) is 49.8 Å². The Hall–Kier alpha value is -1.07. The molecule has 0 heterocycles. The molecule has 5 heteroatoms. The molecule has 0 amide bonds. The van der Waals surface area contributed by atoms with E-state index in [9.17, 15) is 8.42 Å². The van der Waals surface area contributed by atoms with E-state index in [1.54, 1.807) is 29.6 Å². The van der Waals surface area contributed by atoms with Crippen LogP contribution in [-0.2, 0) is 10.0 Å². The van der Waals surface area contributed by atoms with Gasteiger partial charge in [0.15, 0.2) is 0 Å². The second kappa shape index (κ2) is 8.15. The maximum absolute atomic E-state index is 12.8. The number of sulfonamides is 1. The van der Waals surface area contributed by atoms with Crippen LogP contribution in [0.4, 0.5) is 0 Å². The minimum atomic E-state index is -3.43. The van der Waals surface area contributed by atoms with Gasteiger partial charge in [0.2, 0.25) is 10.0 Å². The molecule has 1 aliphatic rings. The average molecular weight is 340 g/mol. The van der Waals surface area contributed by atoms with Crippen molar-refractivity contribution in [1.29, 1.82) is 0 Å². The van der Waals surface area contributed by atoms with Crippen LogP contribution in [0.1, 0.15) is 57.4 Å². The Balaban J connectivity index is 2.14. The number of benzene rings is 1. The zero-order valence-electron chi connectivity index (χ0n) is 14.5. The molecule has 0 aliphatic heterocycles. The van der Waals surface area contributed by atoms with E-state index in [0.29, 0.717) is 11.5 Å². The van der Waals surface area contributed by atoms with Gasteiger partial charge in [-0.05, 0) is 49.9 Å². The average Bonchev–Trinajstić information content (AvgIpc) is 2.56. The zero-order chi connectivity index (χ0) is 16.9. The van der Waals surface area contributed by atoms with Crippen molar-refractivity contribution < 1.29 is 13.2 Å². The highest BCUT2D eigenvalue weighted by atomic mass is 32.2. The zero-order valence-corrected chi connectivity index (χ0v) is 15.4. The van der Waals surface area contributed by atoms with Gasteiger partial charge in [0.25, 0.3) is 0 Å². The fraction of sp³-hybridized carbons (Fsp3) is 0.667. The van der Waals surface area contributed by atoms with E-state index in [1.807, 2.05) is 6.92 Å². The minimum absolute atomic E-state index is 0.134. The standard InChI is InChI=1S/C18H29NO3S/c1-4-5-13-22-18-12-11-17(14-15(18)2)23(20,21)19(3)16-9-7-6-8-10-16/h11-12,14,16H,4-10,13H2,1-3H3. The van der Waals surface area contributed by atoms with Crippen molar-refractivity contribution in [3.05, 3.63) is 23.8 Å². The van der Waals surface area contributed by atoms with Crippen LogP contribution in [0.15, 0.2) is 23.1 Å². The Kier molecular flexibility index (Phi) is 6.48. The summed E-state index contributed by atoms with van der Waals surface area (Å²) in [5, 5.41) is 0. The SMILES string of the molecule is CCCCOc1ccc(S(=O)(=O)N(C)C2CCCCC2)cc1C. The van der Waals surface area contributed by atoms with Crippen LogP contribution in [-0.4, -0.2) is 32.4 Å². The molecule has 0 atom stereocenters. The fourth-order valence-electron chi connectivity index (χ4n) is 3.08. The Morgan fingerprint density at radius 3 is 2.52 bits per heavy atom. The Morgan fingerprint density at radius 1 is 1.22 bits per heavy atom. The molecule has 2 rings (SSSR count). The third-order valence-corrected chi connectivity index (χ3v) is 6.57. The minimum Gasteiger partial charge on any atom is -0.493 e. The van der Waals surface area contributed by atoms with Crippen molar-refractivity contribution in [2.45, 2.75) is 69.7 Å². The lowest BCUT2D eigenvalue weighted by Gasteiger charge is -2.30. The predicted molar refractivity (Wildman–Crippen MR) is 93.4 cm³/mol. The second-order valence-corrected chi connectivity index (χ2v) is 8.44. The van der Waals surface area contributed by atoms with Crippen molar-refractivity contribution >= 4 is 10.0 Å². The fourth-order valence-corrected chi connectivity index (χ4v) is 4.58. The van der Waals surface area contributed by atoms with Gasteiger partial charge >= 0.3 is 0 Å². The molecule has 0 aromatic heterocycles. The molecule has 23 heavy (non-hydrogen) atoms. The van der Waals surface area contributed by atoms with E-state index in [-0.39, 0.29) is 6.04 Å². The number of hydrogen-bond donors (Lipinski definition) is 0. The summed E-state index contributed by atoms with van der Waals surface area (Å²) in [6.07, 6.45) is 7.47. The second-order valence-electron chi connectivity index (χ2n) is 6.44. The quantitative estimate of drug-likeness (QED) is 0.702. The van der Waals surface area contributed by atoms with Gasteiger partial charge in [-0.25, -0.2) is 8.42 Å². The summed E-state index contributed by atoms with van der Waals surface area (Å²) in [4.78, 5) is 0.367. The Labute approximate surface area is 140 Å². The molecule has 0 radical (unpaired) electrons. The van der Waals surface area contributed by atoms with E-state index in [4.69, 9.17) is 4.74 Å². The molecule has 0 spiro atoms. The van der Waals surface area contributed by atoms with Crippen molar-refractivity contribution in [3.63, 3.8) is 0 Å². The molecule has 130 valence electrons. The van der Waals surface area contributed by atoms with Crippen LogP contribution in [0.2, 0.25) is 0 Å². The van der Waals surface area contributed by atoms with E-state index >= 15 is 0 Å². The third kappa shape index (κ3) is 4.48. The summed E-state index contributed by atoms with van der Waals surface area (Å²) >= 11 is 0. The highest BCUT2D eigenvalue weighted by molar-refractivity contribution is 7.89. The summed E-state index contributed by atoms with van der Waals surface area (Å²) in [6.45, 7) is 4.69. The first kappa shape index (κ1) is 18.3. The van der Waals surface area contributed by atoms with Crippen molar-refractivity contribution in [1.82, 2.24) is 4.31 Å². The van der Waals surface area contributed by atoms with Gasteiger partial charge in [0.05, 0.1) is 11.5 Å². The molecule has 1 aromatic carbocycles. The molecule has 0 bridgehead atoms. The van der Waals surface area contributed by atoms with E-state index in [2.05, 4.69) is 6.92 Å². The summed E-state index contributed by atoms with van der Waals surface area (Å²) in [5.74, 6) is 0.776. The third-order valence-electron chi connectivity index (χ3n) is 4.67. The van der Waals surface area contributed by atoms with Crippen LogP contribution in [0.3, 0.4) is 0 Å². The Bertz CT molecular complexity index is 607. The smallest absolute Gasteiger partial charge is 0.243 e. The Morgan fingerprint density at radius 2 is 1.91 bits per heavy atom. The number of aryl methyl sites for hydroxylation is 1. The number of ether oxygens (including phenoxy) is 1. The lowest BCUT2D eigenvalue weighted by Crippen LogP contribution is -2.38. The first-order valence-electron chi connectivity index (χ1n) is 8.68. The van der Waals surface area contributed by atoms with E-state index < -0.39 is 10.0 Å². The molecule has 1 aliphatic carbocycles. The highest BCUT2D eigenvalue weighted by Crippen LogP contribution is 2.28. The van der Waals surface area contributed by atoms with Gasteiger partial charge in [-0.2, -0.15) is 4.31 Å². The van der Waals surface area contributed by atoms with Crippen LogP contribution < -0.4 is 4.74 Å². The molecule has 0 unspecified atom stereocenters. The molecule has 4 nitrogen and oxygen atoms in total. The largest absolute Gasteiger partial charge is 0.493 e. The summed E-state index contributed by atoms with van der Waals surface area (Å²) in [7, 11) is -1.71. The first-order valence-corrected chi connectivity index (χ1v) is 10.1. The number of nitrogens with zero attached hydrogens (tertiary/aromatic N) is 1. The van der Waals surface area contributed by atoms with Gasteiger partial charge in [-0.1, -0.05) is 32.6 Å². The van der Waals surface area contributed by atoms with Gasteiger partial charge in [0.1, 0.15) is 5.75 Å². The number of hydrogen-bond acceptors (Lipinski definition) is 3. The van der Waals surface area contributed by atoms with Crippen molar-refractivity contribution in [3.8, 4) is 5.75 Å². The van der Waals surface area contributed by atoms with E-state index in [1.165, 1.54) is 6.42 Å². The van der Waals surface area contributed by atoms with Crippen LogP contribution in [0, 0.1) is 6.92 Å². The normalized spacial score (nSPS) is 16.7. The molecule has 1 saturated carbocycles. The van der Waals surface area contributed by atoms with Gasteiger partial charge in [-0.15, -0.1) is 0 Å². The summed E-state index contributed by atoms with van der Waals surface area (Å²) in [5.41, 5.74) is 0.874. The van der Waals surface area contributed by atoms with Gasteiger partial charge < -0.3 is 4.74 Å². The lowest BCUT2D eigenvalue weighted by molar-refractivity contribution is 0.285. The van der Waals surface area contributed by atoms with Gasteiger partial charge in [-0.3, -0.25) is 0 Å². The number of rotatable bonds is 7. The highest BCUT2D eigenvalue weighted by Gasteiger charge is 2.29. The summed E-state index contributed by atoms with van der Waals surface area (Å²) in [6, 6.07) is 5.32. The molecule has 0 saturated heterocycles. The predicted octanol–water partition coefficient (Wildman–Crippen LogP) is 4.13.